The van der Waals surface area contributed by atoms with Gasteiger partial charge in [0, 0.05) is 6.61 Å². The van der Waals surface area contributed by atoms with Crippen molar-refractivity contribution in [3.63, 3.8) is 0 Å². The lowest BCUT2D eigenvalue weighted by molar-refractivity contribution is 0.0336. The van der Waals surface area contributed by atoms with Crippen LogP contribution in [-0.4, -0.2) is 11.7 Å². The monoisotopic (exact) mass is 212 g/mol. The summed E-state index contributed by atoms with van der Waals surface area (Å²) in [5, 5.41) is 9.31. The lowest BCUT2D eigenvalue weighted by Gasteiger charge is -2.40. The molecule has 0 saturated heterocycles. The Morgan fingerprint density at radius 1 is 0.933 bits per heavy atom. The maximum atomic E-state index is 9.31. The zero-order valence-electron chi connectivity index (χ0n) is 10.4. The molecule has 0 heterocycles. The maximum Gasteiger partial charge on any atom is 0.0487 e. The summed E-state index contributed by atoms with van der Waals surface area (Å²) < 4.78 is 0. The van der Waals surface area contributed by atoms with Crippen molar-refractivity contribution < 1.29 is 5.11 Å². The van der Waals surface area contributed by atoms with Gasteiger partial charge in [-0.05, 0) is 24.7 Å². The quantitative estimate of drug-likeness (QED) is 0.565. The first-order valence-electron chi connectivity index (χ1n) is 6.94. The molecule has 0 aromatic carbocycles. The smallest absolute Gasteiger partial charge is 0.0487 e. The Balaban J connectivity index is 1.88. The minimum atomic E-state index is 0.365. The molecule has 1 nitrogen and oxygen atoms in total. The predicted molar refractivity (Wildman–Crippen MR) is 66.0 cm³/mol. The fourth-order valence-electron chi connectivity index (χ4n) is 2.62. The fraction of sp³-hybridized carbons (Fsp3) is 1.00. The molecule has 1 saturated carbocycles. The second kappa shape index (κ2) is 7.27. The van der Waals surface area contributed by atoms with E-state index in [1.165, 1.54) is 70.6 Å². The molecule has 0 atom stereocenters. The summed E-state index contributed by atoms with van der Waals surface area (Å²) in [6, 6.07) is 0. The lowest BCUT2D eigenvalue weighted by Crippen LogP contribution is -2.33. The van der Waals surface area contributed by atoms with Gasteiger partial charge < -0.3 is 5.11 Å². The normalized spacial score (nSPS) is 18.8. The van der Waals surface area contributed by atoms with Crippen LogP contribution >= 0.6 is 0 Å². The summed E-state index contributed by atoms with van der Waals surface area (Å²) in [5.41, 5.74) is 0.365. The number of aliphatic hydroxyl groups excluding tert-OH is 1. The standard InChI is InChI=1S/C14H28O/c1-2-3-4-5-6-7-8-10-14(13-15)11-9-12-14/h15H,2-13H2,1H3. The second-order valence-corrected chi connectivity index (χ2v) is 5.38. The SMILES string of the molecule is CCCCCCCCCC1(CO)CCC1. The number of aliphatic hydroxyl groups is 1. The zero-order chi connectivity index (χ0) is 11.0. The summed E-state index contributed by atoms with van der Waals surface area (Å²) in [4.78, 5) is 0. The van der Waals surface area contributed by atoms with Gasteiger partial charge in [0.2, 0.25) is 0 Å². The molecule has 1 aliphatic rings. The molecular formula is C14H28O. The van der Waals surface area contributed by atoms with Crippen LogP contribution in [0.5, 0.6) is 0 Å². The Labute approximate surface area is 95.3 Å². The van der Waals surface area contributed by atoms with E-state index in [0.29, 0.717) is 12.0 Å². The molecule has 1 N–H and O–H groups in total. The van der Waals surface area contributed by atoms with Crippen LogP contribution in [0.1, 0.15) is 77.6 Å². The van der Waals surface area contributed by atoms with E-state index in [-0.39, 0.29) is 0 Å². The molecule has 1 fully saturated rings. The van der Waals surface area contributed by atoms with Crippen LogP contribution in [0.15, 0.2) is 0 Å². The average Bonchev–Trinajstić information content (AvgIpc) is 2.20. The summed E-state index contributed by atoms with van der Waals surface area (Å²) in [7, 11) is 0. The Bertz CT molecular complexity index is 144. The van der Waals surface area contributed by atoms with Crippen LogP contribution in [-0.2, 0) is 0 Å². The van der Waals surface area contributed by atoms with Crippen molar-refractivity contribution in [3.8, 4) is 0 Å². The molecule has 0 aromatic heterocycles. The van der Waals surface area contributed by atoms with Crippen molar-refractivity contribution in [1.29, 1.82) is 0 Å². The third-order valence-corrected chi connectivity index (χ3v) is 4.06. The molecule has 15 heavy (non-hydrogen) atoms. The van der Waals surface area contributed by atoms with Crippen LogP contribution in [0.25, 0.3) is 0 Å². The van der Waals surface area contributed by atoms with E-state index in [4.69, 9.17) is 0 Å². The molecule has 0 aromatic rings. The van der Waals surface area contributed by atoms with Crippen LogP contribution < -0.4 is 0 Å². The molecule has 0 bridgehead atoms. The number of hydrogen-bond donors (Lipinski definition) is 1. The van der Waals surface area contributed by atoms with E-state index in [1.807, 2.05) is 0 Å². The summed E-state index contributed by atoms with van der Waals surface area (Å²) in [5.74, 6) is 0. The van der Waals surface area contributed by atoms with Gasteiger partial charge in [0.25, 0.3) is 0 Å². The van der Waals surface area contributed by atoms with E-state index >= 15 is 0 Å². The highest BCUT2D eigenvalue weighted by atomic mass is 16.3. The highest BCUT2D eigenvalue weighted by Gasteiger charge is 2.35. The third-order valence-electron chi connectivity index (χ3n) is 4.06. The molecule has 1 aliphatic carbocycles. The molecular weight excluding hydrogens is 184 g/mol. The number of hydrogen-bond acceptors (Lipinski definition) is 1. The van der Waals surface area contributed by atoms with Gasteiger partial charge in [0.1, 0.15) is 0 Å². The van der Waals surface area contributed by atoms with Gasteiger partial charge in [-0.15, -0.1) is 0 Å². The Morgan fingerprint density at radius 3 is 2.00 bits per heavy atom. The van der Waals surface area contributed by atoms with Crippen molar-refractivity contribution in [3.05, 3.63) is 0 Å². The van der Waals surface area contributed by atoms with Crippen molar-refractivity contribution in [2.45, 2.75) is 77.6 Å². The first kappa shape index (κ1) is 13.0. The van der Waals surface area contributed by atoms with Crippen LogP contribution in [0, 0.1) is 5.41 Å². The first-order chi connectivity index (χ1) is 7.33. The minimum absolute atomic E-state index is 0.365. The summed E-state index contributed by atoms with van der Waals surface area (Å²) >= 11 is 0. The van der Waals surface area contributed by atoms with Gasteiger partial charge in [-0.2, -0.15) is 0 Å². The molecule has 1 rings (SSSR count). The van der Waals surface area contributed by atoms with E-state index in [2.05, 4.69) is 6.92 Å². The third kappa shape index (κ3) is 4.55. The van der Waals surface area contributed by atoms with Gasteiger partial charge >= 0.3 is 0 Å². The molecule has 0 aliphatic heterocycles. The van der Waals surface area contributed by atoms with Crippen molar-refractivity contribution in [2.75, 3.05) is 6.61 Å². The number of unbranched alkanes of at least 4 members (excludes halogenated alkanes) is 6. The van der Waals surface area contributed by atoms with E-state index in [0.717, 1.165) is 0 Å². The zero-order valence-corrected chi connectivity index (χ0v) is 10.4. The second-order valence-electron chi connectivity index (χ2n) is 5.38. The Morgan fingerprint density at radius 2 is 1.53 bits per heavy atom. The molecule has 0 amide bonds. The van der Waals surface area contributed by atoms with Crippen molar-refractivity contribution >= 4 is 0 Å². The van der Waals surface area contributed by atoms with E-state index < -0.39 is 0 Å². The highest BCUT2D eigenvalue weighted by Crippen LogP contribution is 2.44. The van der Waals surface area contributed by atoms with Crippen LogP contribution in [0.2, 0.25) is 0 Å². The van der Waals surface area contributed by atoms with Crippen LogP contribution in [0.3, 0.4) is 0 Å². The minimum Gasteiger partial charge on any atom is -0.396 e. The summed E-state index contributed by atoms with van der Waals surface area (Å²) in [6.45, 7) is 2.70. The largest absolute Gasteiger partial charge is 0.396 e. The Hall–Kier alpha value is -0.0400. The van der Waals surface area contributed by atoms with E-state index in [9.17, 15) is 5.11 Å². The predicted octanol–water partition coefficient (Wildman–Crippen LogP) is 4.29. The van der Waals surface area contributed by atoms with Gasteiger partial charge in [0.05, 0.1) is 0 Å². The summed E-state index contributed by atoms with van der Waals surface area (Å²) in [6.07, 6.45) is 14.9. The Kier molecular flexibility index (Phi) is 6.31. The van der Waals surface area contributed by atoms with Crippen molar-refractivity contribution in [2.24, 2.45) is 5.41 Å². The van der Waals surface area contributed by atoms with Gasteiger partial charge in [0.15, 0.2) is 0 Å². The molecule has 90 valence electrons. The maximum absolute atomic E-state index is 9.31. The molecule has 0 unspecified atom stereocenters. The van der Waals surface area contributed by atoms with Crippen molar-refractivity contribution in [1.82, 2.24) is 0 Å². The fourth-order valence-corrected chi connectivity index (χ4v) is 2.62. The molecule has 0 radical (unpaired) electrons. The average molecular weight is 212 g/mol. The van der Waals surface area contributed by atoms with Gasteiger partial charge in [-0.25, -0.2) is 0 Å². The lowest BCUT2D eigenvalue weighted by atomic mass is 9.66. The molecule has 0 spiro atoms. The first-order valence-corrected chi connectivity index (χ1v) is 6.94. The van der Waals surface area contributed by atoms with Gasteiger partial charge in [-0.1, -0.05) is 58.3 Å². The number of rotatable bonds is 9. The topological polar surface area (TPSA) is 20.2 Å². The molecule has 1 heteroatoms. The van der Waals surface area contributed by atoms with Gasteiger partial charge in [-0.3, -0.25) is 0 Å². The van der Waals surface area contributed by atoms with Crippen LogP contribution in [0.4, 0.5) is 0 Å². The highest BCUT2D eigenvalue weighted by molar-refractivity contribution is 4.86. The van der Waals surface area contributed by atoms with E-state index in [1.54, 1.807) is 0 Å².